The number of carboxylic acid groups (broad SMARTS) is 1. The van der Waals surface area contributed by atoms with Crippen LogP contribution in [0.15, 0.2) is 54.6 Å². The first-order chi connectivity index (χ1) is 11.5. The van der Waals surface area contributed by atoms with E-state index in [9.17, 15) is 9.90 Å². The molecule has 0 amide bonds. The van der Waals surface area contributed by atoms with Crippen molar-refractivity contribution in [2.75, 3.05) is 36.0 Å². The minimum Gasteiger partial charge on any atom is -0.481 e. The van der Waals surface area contributed by atoms with Crippen molar-refractivity contribution >= 4 is 17.3 Å². The highest BCUT2D eigenvalue weighted by molar-refractivity contribution is 5.83. The summed E-state index contributed by atoms with van der Waals surface area (Å²) in [5.74, 6) is -0.794. The van der Waals surface area contributed by atoms with Gasteiger partial charge in [0.05, 0.1) is 5.41 Å². The largest absolute Gasteiger partial charge is 0.481 e. The summed E-state index contributed by atoms with van der Waals surface area (Å²) in [5, 5.41) is 9.58. The lowest BCUT2D eigenvalue weighted by Gasteiger charge is -2.39. The summed E-state index contributed by atoms with van der Waals surface area (Å²) in [4.78, 5) is 16.3. The van der Waals surface area contributed by atoms with E-state index in [1.54, 1.807) is 13.8 Å². The van der Waals surface area contributed by atoms with Crippen LogP contribution < -0.4 is 9.80 Å². The average Bonchev–Trinajstić information content (AvgIpc) is 2.62. The Hall–Kier alpha value is -2.49. The van der Waals surface area contributed by atoms with Gasteiger partial charge in [0.1, 0.15) is 0 Å². The molecule has 0 bridgehead atoms. The van der Waals surface area contributed by atoms with E-state index in [-0.39, 0.29) is 0 Å². The Morgan fingerprint density at radius 2 is 1.42 bits per heavy atom. The Morgan fingerprint density at radius 1 is 0.875 bits per heavy atom. The van der Waals surface area contributed by atoms with E-state index in [2.05, 4.69) is 34.1 Å². The normalized spacial score (nSPS) is 15.4. The third kappa shape index (κ3) is 3.09. The zero-order valence-electron chi connectivity index (χ0n) is 14.3. The predicted octanol–water partition coefficient (Wildman–Crippen LogP) is 3.38. The third-order valence-electron chi connectivity index (χ3n) is 4.85. The molecular formula is C20H24N2O2. The molecule has 4 heteroatoms. The van der Waals surface area contributed by atoms with Gasteiger partial charge in [-0.15, -0.1) is 0 Å². The molecule has 1 fully saturated rings. The monoisotopic (exact) mass is 324 g/mol. The van der Waals surface area contributed by atoms with Crippen LogP contribution in [-0.2, 0) is 10.2 Å². The fourth-order valence-electron chi connectivity index (χ4n) is 3.24. The predicted molar refractivity (Wildman–Crippen MR) is 98.0 cm³/mol. The van der Waals surface area contributed by atoms with Gasteiger partial charge in [0, 0.05) is 37.6 Å². The Morgan fingerprint density at radius 3 is 2.04 bits per heavy atom. The lowest BCUT2D eigenvalue weighted by atomic mass is 9.83. The smallest absolute Gasteiger partial charge is 0.313 e. The Kier molecular flexibility index (Phi) is 4.47. The number of nitrogens with zero attached hydrogens (tertiary/aromatic N) is 2. The number of piperazine rings is 1. The molecule has 1 N–H and O–H groups in total. The van der Waals surface area contributed by atoms with Crippen LogP contribution in [0.4, 0.5) is 11.4 Å². The SMILES string of the molecule is CC(C)(C(=O)O)c1ccccc1N1CCN(c2ccccc2)CC1. The first-order valence-corrected chi connectivity index (χ1v) is 8.38. The second kappa shape index (κ2) is 6.56. The van der Waals surface area contributed by atoms with Crippen LogP contribution in [0.5, 0.6) is 0 Å². The highest BCUT2D eigenvalue weighted by Crippen LogP contribution is 2.33. The molecule has 0 spiro atoms. The fourth-order valence-corrected chi connectivity index (χ4v) is 3.24. The molecule has 1 aliphatic heterocycles. The van der Waals surface area contributed by atoms with Crippen LogP contribution in [0.1, 0.15) is 19.4 Å². The van der Waals surface area contributed by atoms with Crippen LogP contribution in [0, 0.1) is 0 Å². The number of carbonyl (C=O) groups is 1. The van der Waals surface area contributed by atoms with Crippen LogP contribution in [0.25, 0.3) is 0 Å². The summed E-state index contributed by atoms with van der Waals surface area (Å²) >= 11 is 0. The summed E-state index contributed by atoms with van der Waals surface area (Å²) in [5.41, 5.74) is 2.27. The fraction of sp³-hybridized carbons (Fsp3) is 0.350. The van der Waals surface area contributed by atoms with E-state index >= 15 is 0 Å². The quantitative estimate of drug-likeness (QED) is 0.936. The van der Waals surface area contributed by atoms with Gasteiger partial charge in [-0.3, -0.25) is 4.79 Å². The molecule has 24 heavy (non-hydrogen) atoms. The average molecular weight is 324 g/mol. The second-order valence-electron chi connectivity index (χ2n) is 6.76. The van der Waals surface area contributed by atoms with Gasteiger partial charge >= 0.3 is 5.97 Å². The summed E-state index contributed by atoms with van der Waals surface area (Å²) in [6, 6.07) is 18.3. The van der Waals surface area contributed by atoms with Gasteiger partial charge in [0.2, 0.25) is 0 Å². The van der Waals surface area contributed by atoms with E-state index in [4.69, 9.17) is 0 Å². The highest BCUT2D eigenvalue weighted by Gasteiger charge is 2.33. The van der Waals surface area contributed by atoms with Crippen molar-refractivity contribution in [1.29, 1.82) is 0 Å². The first kappa shape index (κ1) is 16.4. The molecule has 126 valence electrons. The maximum absolute atomic E-state index is 11.7. The number of carboxylic acids is 1. The van der Waals surface area contributed by atoms with E-state index in [1.807, 2.05) is 30.3 Å². The van der Waals surface area contributed by atoms with Crippen molar-refractivity contribution < 1.29 is 9.90 Å². The number of benzene rings is 2. The van der Waals surface area contributed by atoms with Gasteiger partial charge in [-0.2, -0.15) is 0 Å². The number of hydrogen-bond donors (Lipinski definition) is 1. The molecule has 0 radical (unpaired) electrons. The summed E-state index contributed by atoms with van der Waals surface area (Å²) in [6.07, 6.45) is 0. The topological polar surface area (TPSA) is 43.8 Å². The second-order valence-corrected chi connectivity index (χ2v) is 6.76. The molecule has 4 nitrogen and oxygen atoms in total. The van der Waals surface area contributed by atoms with Gasteiger partial charge < -0.3 is 14.9 Å². The van der Waals surface area contributed by atoms with Gasteiger partial charge in [0.25, 0.3) is 0 Å². The molecule has 2 aromatic rings. The van der Waals surface area contributed by atoms with Crippen molar-refractivity contribution in [2.24, 2.45) is 0 Å². The number of aliphatic carboxylic acids is 1. The molecule has 0 aromatic heterocycles. The van der Waals surface area contributed by atoms with Crippen LogP contribution >= 0.6 is 0 Å². The van der Waals surface area contributed by atoms with Gasteiger partial charge in [-0.25, -0.2) is 0 Å². The minimum absolute atomic E-state index is 0.794. The summed E-state index contributed by atoms with van der Waals surface area (Å²) < 4.78 is 0. The van der Waals surface area contributed by atoms with E-state index < -0.39 is 11.4 Å². The summed E-state index contributed by atoms with van der Waals surface area (Å²) in [7, 11) is 0. The van der Waals surface area contributed by atoms with Crippen LogP contribution in [-0.4, -0.2) is 37.3 Å². The molecule has 3 rings (SSSR count). The van der Waals surface area contributed by atoms with E-state index in [0.29, 0.717) is 0 Å². The molecule has 0 aliphatic carbocycles. The highest BCUT2D eigenvalue weighted by atomic mass is 16.4. The summed E-state index contributed by atoms with van der Waals surface area (Å²) in [6.45, 7) is 7.20. The Labute approximate surface area is 143 Å². The van der Waals surface area contributed by atoms with Crippen molar-refractivity contribution in [2.45, 2.75) is 19.3 Å². The molecule has 0 saturated carbocycles. The number of rotatable bonds is 4. The Balaban J connectivity index is 1.79. The number of anilines is 2. The van der Waals surface area contributed by atoms with Gasteiger partial charge in [-0.05, 0) is 37.6 Å². The maximum atomic E-state index is 11.7. The van der Waals surface area contributed by atoms with E-state index in [1.165, 1.54) is 5.69 Å². The van der Waals surface area contributed by atoms with Crippen LogP contribution in [0.3, 0.4) is 0 Å². The van der Waals surface area contributed by atoms with E-state index in [0.717, 1.165) is 37.4 Å². The lowest BCUT2D eigenvalue weighted by molar-refractivity contribution is -0.142. The Bertz CT molecular complexity index is 705. The zero-order chi connectivity index (χ0) is 17.2. The van der Waals surface area contributed by atoms with Crippen molar-refractivity contribution in [3.63, 3.8) is 0 Å². The van der Waals surface area contributed by atoms with Crippen molar-refractivity contribution in [3.05, 3.63) is 60.2 Å². The molecular weight excluding hydrogens is 300 g/mol. The van der Waals surface area contributed by atoms with Crippen molar-refractivity contribution in [1.82, 2.24) is 0 Å². The minimum atomic E-state index is -0.896. The molecule has 0 unspecified atom stereocenters. The van der Waals surface area contributed by atoms with Crippen LogP contribution in [0.2, 0.25) is 0 Å². The first-order valence-electron chi connectivity index (χ1n) is 8.38. The molecule has 2 aromatic carbocycles. The third-order valence-corrected chi connectivity index (χ3v) is 4.85. The van der Waals surface area contributed by atoms with Crippen molar-refractivity contribution in [3.8, 4) is 0 Å². The van der Waals surface area contributed by atoms with Gasteiger partial charge in [0.15, 0.2) is 0 Å². The maximum Gasteiger partial charge on any atom is 0.313 e. The zero-order valence-corrected chi connectivity index (χ0v) is 14.3. The van der Waals surface area contributed by atoms with Gasteiger partial charge in [-0.1, -0.05) is 36.4 Å². The lowest BCUT2D eigenvalue weighted by Crippen LogP contribution is -2.47. The molecule has 1 saturated heterocycles. The molecule has 1 aliphatic rings. The number of para-hydroxylation sites is 2. The molecule has 0 atom stereocenters. The molecule has 1 heterocycles. The standard InChI is InChI=1S/C20H24N2O2/c1-20(2,19(23)24)17-10-6-7-11-18(17)22-14-12-21(13-15-22)16-8-4-3-5-9-16/h3-11H,12-15H2,1-2H3,(H,23,24). The number of hydrogen-bond acceptors (Lipinski definition) is 3.